The number of benzene rings is 1. The molecule has 19 heavy (non-hydrogen) atoms. The van der Waals surface area contributed by atoms with Gasteiger partial charge in [-0.25, -0.2) is 0 Å². The quantitative estimate of drug-likeness (QED) is 0.756. The van der Waals surface area contributed by atoms with E-state index in [1.54, 1.807) is 7.05 Å². The van der Waals surface area contributed by atoms with Crippen molar-refractivity contribution in [1.29, 1.82) is 0 Å². The number of aromatic nitrogens is 3. The van der Waals surface area contributed by atoms with E-state index in [0.29, 0.717) is 17.7 Å². The van der Waals surface area contributed by atoms with Crippen molar-refractivity contribution in [3.63, 3.8) is 0 Å². The number of H-pyrrole nitrogens is 1. The largest absolute Gasteiger partial charge is 0.371 e. The molecule has 0 saturated heterocycles. The molecular weight excluding hydrogens is 240 g/mol. The number of para-hydroxylation sites is 1. The van der Waals surface area contributed by atoms with Crippen molar-refractivity contribution in [3.05, 3.63) is 34.6 Å². The fourth-order valence-corrected chi connectivity index (χ4v) is 2.54. The Bertz CT molecular complexity index is 800. The molecule has 0 radical (unpaired) electrons. The molecule has 0 unspecified atom stereocenters. The monoisotopic (exact) mass is 256 g/mol. The predicted octanol–water partition coefficient (Wildman–Crippen LogP) is 2.33. The zero-order valence-electron chi connectivity index (χ0n) is 11.0. The predicted molar refractivity (Wildman–Crippen MR) is 77.7 cm³/mol. The number of aromatic amines is 1. The molecule has 0 bridgehead atoms. The molecule has 0 aliphatic rings. The highest BCUT2D eigenvalue weighted by Gasteiger charge is 2.15. The summed E-state index contributed by atoms with van der Waals surface area (Å²) in [6, 6.07) is 7.92. The molecule has 3 aromatic rings. The number of nitrogens with one attached hydrogen (secondary N) is 2. The Hall–Kier alpha value is -2.30. The second-order valence-corrected chi connectivity index (χ2v) is 4.55. The van der Waals surface area contributed by atoms with Gasteiger partial charge in [0, 0.05) is 19.0 Å². The van der Waals surface area contributed by atoms with Gasteiger partial charge in [0.1, 0.15) is 5.39 Å². The van der Waals surface area contributed by atoms with Crippen molar-refractivity contribution in [2.24, 2.45) is 0 Å². The summed E-state index contributed by atoms with van der Waals surface area (Å²) in [5.41, 5.74) is 1.76. The van der Waals surface area contributed by atoms with E-state index < -0.39 is 0 Å². The van der Waals surface area contributed by atoms with Crippen molar-refractivity contribution >= 4 is 27.6 Å². The van der Waals surface area contributed by atoms with Gasteiger partial charge >= 0.3 is 0 Å². The van der Waals surface area contributed by atoms with Gasteiger partial charge in [0.05, 0.1) is 11.0 Å². The van der Waals surface area contributed by atoms with E-state index in [9.17, 15) is 4.79 Å². The van der Waals surface area contributed by atoms with Crippen LogP contribution in [0.25, 0.3) is 21.8 Å². The number of aryl methyl sites for hydroxylation is 1. The van der Waals surface area contributed by atoms with E-state index in [0.717, 1.165) is 22.8 Å². The number of fused-ring (bicyclic) bond motifs is 3. The van der Waals surface area contributed by atoms with Crippen LogP contribution in [0.1, 0.15) is 13.3 Å². The normalized spacial score (nSPS) is 11.3. The Kier molecular flexibility index (Phi) is 2.74. The molecule has 0 amide bonds. The van der Waals surface area contributed by atoms with Gasteiger partial charge < -0.3 is 9.88 Å². The van der Waals surface area contributed by atoms with Gasteiger partial charge in [-0.05, 0) is 12.5 Å². The van der Waals surface area contributed by atoms with E-state index in [1.807, 2.05) is 28.8 Å². The minimum Gasteiger partial charge on any atom is -0.371 e. The highest BCUT2D eigenvalue weighted by Crippen LogP contribution is 2.24. The van der Waals surface area contributed by atoms with Crippen LogP contribution >= 0.6 is 0 Å². The zero-order chi connectivity index (χ0) is 13.4. The molecule has 0 saturated carbocycles. The minimum atomic E-state index is 0.00801. The smallest absolute Gasteiger partial charge is 0.264 e. The topological polar surface area (TPSA) is 62.7 Å². The Balaban J connectivity index is 2.55. The van der Waals surface area contributed by atoms with Gasteiger partial charge in [-0.1, -0.05) is 25.1 Å². The third-order valence-electron chi connectivity index (χ3n) is 3.37. The van der Waals surface area contributed by atoms with E-state index in [2.05, 4.69) is 22.4 Å². The van der Waals surface area contributed by atoms with Crippen molar-refractivity contribution in [2.75, 3.05) is 12.4 Å². The van der Waals surface area contributed by atoms with Gasteiger partial charge in [0.2, 0.25) is 0 Å². The molecule has 0 spiro atoms. The lowest BCUT2D eigenvalue weighted by Crippen LogP contribution is -2.21. The number of anilines is 1. The van der Waals surface area contributed by atoms with Crippen molar-refractivity contribution in [2.45, 2.75) is 19.9 Å². The Morgan fingerprint density at radius 1 is 1.37 bits per heavy atom. The first-order valence-electron chi connectivity index (χ1n) is 6.45. The number of hydrogen-bond acceptors (Lipinski definition) is 3. The standard InChI is InChI=1S/C14H16N4O/c1-3-8-18-10-7-5-4-6-9(10)12-11(14(18)19)13(15-2)17-16-12/h4-7H,3,8H2,1-2H3,(H2,15,16,17). The van der Waals surface area contributed by atoms with Crippen molar-refractivity contribution < 1.29 is 0 Å². The maximum atomic E-state index is 12.6. The van der Waals surface area contributed by atoms with Crippen LogP contribution in [0.2, 0.25) is 0 Å². The van der Waals surface area contributed by atoms with Crippen LogP contribution in [0.4, 0.5) is 5.82 Å². The van der Waals surface area contributed by atoms with Crippen molar-refractivity contribution in [1.82, 2.24) is 14.8 Å². The second-order valence-electron chi connectivity index (χ2n) is 4.55. The van der Waals surface area contributed by atoms with E-state index in [4.69, 9.17) is 0 Å². The van der Waals surface area contributed by atoms with Crippen LogP contribution in [-0.2, 0) is 6.54 Å². The van der Waals surface area contributed by atoms with Gasteiger partial charge in [0.25, 0.3) is 5.56 Å². The lowest BCUT2D eigenvalue weighted by atomic mass is 10.1. The molecule has 2 heterocycles. The first kappa shape index (κ1) is 11.8. The summed E-state index contributed by atoms with van der Waals surface area (Å²) in [6.07, 6.45) is 0.919. The fraction of sp³-hybridized carbons (Fsp3) is 0.286. The van der Waals surface area contributed by atoms with Gasteiger partial charge in [-0.3, -0.25) is 9.89 Å². The third-order valence-corrected chi connectivity index (χ3v) is 3.37. The SMILES string of the molecule is CCCn1c(=O)c2c(NC)n[nH]c2c2ccccc21. The number of rotatable bonds is 3. The molecule has 5 heteroatoms. The fourth-order valence-electron chi connectivity index (χ4n) is 2.54. The molecule has 0 aliphatic carbocycles. The summed E-state index contributed by atoms with van der Waals surface area (Å²) in [5, 5.41) is 11.8. The molecule has 2 aromatic heterocycles. The first-order chi connectivity index (χ1) is 9.27. The van der Waals surface area contributed by atoms with Crippen LogP contribution in [0.3, 0.4) is 0 Å². The maximum absolute atomic E-state index is 12.6. The Morgan fingerprint density at radius 3 is 2.89 bits per heavy atom. The van der Waals surface area contributed by atoms with Gasteiger partial charge in [-0.15, -0.1) is 0 Å². The molecule has 1 aromatic carbocycles. The molecule has 0 fully saturated rings. The summed E-state index contributed by atoms with van der Waals surface area (Å²) >= 11 is 0. The van der Waals surface area contributed by atoms with E-state index >= 15 is 0 Å². The molecule has 0 aliphatic heterocycles. The lowest BCUT2D eigenvalue weighted by Gasteiger charge is -2.10. The van der Waals surface area contributed by atoms with Crippen molar-refractivity contribution in [3.8, 4) is 0 Å². The van der Waals surface area contributed by atoms with E-state index in [-0.39, 0.29) is 5.56 Å². The minimum absolute atomic E-state index is 0.00801. The molecule has 0 atom stereocenters. The Labute approximate surface area is 110 Å². The van der Waals surface area contributed by atoms with E-state index in [1.165, 1.54) is 0 Å². The highest BCUT2D eigenvalue weighted by molar-refractivity contribution is 6.06. The van der Waals surface area contributed by atoms with Gasteiger partial charge in [-0.2, -0.15) is 5.10 Å². The van der Waals surface area contributed by atoms with Crippen LogP contribution in [0, 0.1) is 0 Å². The van der Waals surface area contributed by atoms with Crippen LogP contribution in [0.15, 0.2) is 29.1 Å². The van der Waals surface area contributed by atoms with Crippen LogP contribution < -0.4 is 10.9 Å². The first-order valence-corrected chi connectivity index (χ1v) is 6.45. The highest BCUT2D eigenvalue weighted by atomic mass is 16.1. The molecule has 5 nitrogen and oxygen atoms in total. The average Bonchev–Trinajstić information content (AvgIpc) is 2.87. The van der Waals surface area contributed by atoms with Crippen LogP contribution in [-0.4, -0.2) is 21.8 Å². The zero-order valence-corrected chi connectivity index (χ0v) is 11.0. The number of hydrogen-bond donors (Lipinski definition) is 2. The number of pyridine rings is 1. The lowest BCUT2D eigenvalue weighted by molar-refractivity contribution is 0.683. The Morgan fingerprint density at radius 2 is 2.16 bits per heavy atom. The summed E-state index contributed by atoms with van der Waals surface area (Å²) in [6.45, 7) is 2.78. The summed E-state index contributed by atoms with van der Waals surface area (Å²) in [7, 11) is 1.77. The van der Waals surface area contributed by atoms with Gasteiger partial charge in [0.15, 0.2) is 5.82 Å². The number of nitrogens with zero attached hydrogens (tertiary/aromatic N) is 2. The maximum Gasteiger partial charge on any atom is 0.264 e. The molecule has 3 rings (SSSR count). The summed E-state index contributed by atoms with van der Waals surface area (Å²) in [4.78, 5) is 12.6. The van der Waals surface area contributed by atoms with Crippen LogP contribution in [0.5, 0.6) is 0 Å². The molecule has 98 valence electrons. The molecular formula is C14H16N4O. The third kappa shape index (κ3) is 1.62. The summed E-state index contributed by atoms with van der Waals surface area (Å²) in [5.74, 6) is 0.607. The second kappa shape index (κ2) is 4.42. The molecule has 2 N–H and O–H groups in total. The average molecular weight is 256 g/mol. The summed E-state index contributed by atoms with van der Waals surface area (Å²) < 4.78 is 1.83.